The average molecular weight is 391 g/mol. The largest absolute Gasteiger partial charge is 0.465 e. The van der Waals surface area contributed by atoms with E-state index in [-0.39, 0.29) is 6.61 Å². The van der Waals surface area contributed by atoms with Gasteiger partial charge < -0.3 is 4.74 Å². The summed E-state index contributed by atoms with van der Waals surface area (Å²) in [6.07, 6.45) is 21.5. The molecule has 0 amide bonds. The van der Waals surface area contributed by atoms with Crippen molar-refractivity contribution < 1.29 is 22.5 Å². The Kier molecular flexibility index (Phi) is 16.9. The number of rotatable bonds is 18. The number of hydrogen-bond acceptors (Lipinski definition) is 4. The van der Waals surface area contributed by atoms with Crippen LogP contribution in [0.4, 0.5) is 0 Å². The summed E-state index contributed by atoms with van der Waals surface area (Å²) in [5.41, 5.74) is 0. The van der Waals surface area contributed by atoms with Gasteiger partial charge in [-0.15, -0.1) is 0 Å². The van der Waals surface area contributed by atoms with E-state index in [1.165, 1.54) is 64.2 Å². The van der Waals surface area contributed by atoms with Crippen molar-refractivity contribution in [2.75, 3.05) is 12.4 Å². The van der Waals surface area contributed by atoms with E-state index < -0.39 is 21.8 Å². The standard InChI is InChI=1S/C20H38O5S/c1-2-3-4-5-6-7-8-9-10-11-12-13-14-15-16-17-18-25-20(21)19-26(22,23)24/h9-10H,2-8,11-19H2,1H3,(H,22,23,24). The van der Waals surface area contributed by atoms with E-state index in [0.29, 0.717) is 0 Å². The third-order valence-corrected chi connectivity index (χ3v) is 4.82. The Morgan fingerprint density at radius 1 is 0.808 bits per heavy atom. The van der Waals surface area contributed by atoms with Crippen LogP contribution in [-0.4, -0.2) is 31.3 Å². The molecule has 6 heteroatoms. The summed E-state index contributed by atoms with van der Waals surface area (Å²) in [6.45, 7) is 2.46. The van der Waals surface area contributed by atoms with Crippen LogP contribution in [0, 0.1) is 0 Å². The number of hydrogen-bond donors (Lipinski definition) is 1. The van der Waals surface area contributed by atoms with Crippen molar-refractivity contribution in [2.45, 2.75) is 96.8 Å². The molecule has 0 rings (SSSR count). The maximum absolute atomic E-state index is 11.1. The van der Waals surface area contributed by atoms with Gasteiger partial charge in [-0.3, -0.25) is 9.35 Å². The van der Waals surface area contributed by atoms with Crippen LogP contribution in [-0.2, 0) is 19.6 Å². The van der Waals surface area contributed by atoms with Gasteiger partial charge in [0.25, 0.3) is 10.1 Å². The van der Waals surface area contributed by atoms with Crippen molar-refractivity contribution in [3.05, 3.63) is 12.2 Å². The molecular weight excluding hydrogens is 352 g/mol. The molecular formula is C20H38O5S. The fourth-order valence-corrected chi connectivity index (χ4v) is 3.11. The zero-order valence-electron chi connectivity index (χ0n) is 16.5. The van der Waals surface area contributed by atoms with E-state index >= 15 is 0 Å². The lowest BCUT2D eigenvalue weighted by molar-refractivity contribution is -0.140. The monoisotopic (exact) mass is 390 g/mol. The zero-order valence-corrected chi connectivity index (χ0v) is 17.3. The maximum atomic E-state index is 11.1. The highest BCUT2D eigenvalue weighted by molar-refractivity contribution is 7.86. The van der Waals surface area contributed by atoms with Gasteiger partial charge in [-0.1, -0.05) is 76.9 Å². The van der Waals surface area contributed by atoms with Gasteiger partial charge in [0, 0.05) is 0 Å². The smallest absolute Gasteiger partial charge is 0.323 e. The lowest BCUT2D eigenvalue weighted by atomic mass is 10.1. The SMILES string of the molecule is CCCCCCCCC=CCCCCCCCCOC(=O)CS(=O)(=O)O. The fourth-order valence-electron chi connectivity index (χ4n) is 2.73. The molecule has 0 atom stereocenters. The number of ether oxygens (including phenoxy) is 1. The molecule has 0 aliphatic heterocycles. The summed E-state index contributed by atoms with van der Waals surface area (Å²) < 4.78 is 34.2. The van der Waals surface area contributed by atoms with Crippen molar-refractivity contribution >= 4 is 16.1 Å². The van der Waals surface area contributed by atoms with Crippen molar-refractivity contribution in [1.82, 2.24) is 0 Å². The minimum absolute atomic E-state index is 0.218. The first-order valence-corrected chi connectivity index (χ1v) is 11.8. The Hall–Kier alpha value is -0.880. The molecule has 0 saturated heterocycles. The van der Waals surface area contributed by atoms with E-state index in [9.17, 15) is 13.2 Å². The van der Waals surface area contributed by atoms with Gasteiger partial charge in [-0.25, -0.2) is 0 Å². The minimum atomic E-state index is -4.28. The molecule has 0 aliphatic carbocycles. The molecule has 0 spiro atoms. The van der Waals surface area contributed by atoms with Crippen LogP contribution < -0.4 is 0 Å². The molecule has 0 aromatic heterocycles. The van der Waals surface area contributed by atoms with E-state index in [0.717, 1.165) is 25.7 Å². The molecule has 26 heavy (non-hydrogen) atoms. The Morgan fingerprint density at radius 2 is 1.27 bits per heavy atom. The fraction of sp³-hybridized carbons (Fsp3) is 0.850. The molecule has 0 aromatic carbocycles. The molecule has 154 valence electrons. The van der Waals surface area contributed by atoms with Crippen LogP contribution >= 0.6 is 0 Å². The van der Waals surface area contributed by atoms with Crippen LogP contribution in [0.1, 0.15) is 96.8 Å². The molecule has 0 bridgehead atoms. The summed E-state index contributed by atoms with van der Waals surface area (Å²) >= 11 is 0. The molecule has 0 unspecified atom stereocenters. The zero-order chi connectivity index (χ0) is 19.5. The van der Waals surface area contributed by atoms with E-state index in [1.54, 1.807) is 0 Å². The topological polar surface area (TPSA) is 80.7 Å². The van der Waals surface area contributed by atoms with Crippen LogP contribution in [0.5, 0.6) is 0 Å². The van der Waals surface area contributed by atoms with Crippen molar-refractivity contribution in [3.63, 3.8) is 0 Å². The summed E-state index contributed by atoms with van der Waals surface area (Å²) in [4.78, 5) is 11.1. The molecule has 5 nitrogen and oxygen atoms in total. The van der Waals surface area contributed by atoms with Crippen LogP contribution in [0.15, 0.2) is 12.2 Å². The second kappa shape index (κ2) is 17.5. The predicted octanol–water partition coefficient (Wildman–Crippen LogP) is 5.45. The summed E-state index contributed by atoms with van der Waals surface area (Å²) in [6, 6.07) is 0. The third kappa shape index (κ3) is 21.2. The molecule has 0 heterocycles. The first kappa shape index (κ1) is 25.1. The number of esters is 1. The van der Waals surface area contributed by atoms with Gasteiger partial charge in [-0.2, -0.15) is 8.42 Å². The first-order valence-electron chi connectivity index (χ1n) is 10.2. The van der Waals surface area contributed by atoms with E-state index in [4.69, 9.17) is 9.29 Å². The van der Waals surface area contributed by atoms with Gasteiger partial charge in [0.2, 0.25) is 0 Å². The molecule has 0 saturated carbocycles. The van der Waals surface area contributed by atoms with Gasteiger partial charge >= 0.3 is 5.97 Å². The Bertz CT molecular complexity index is 457. The van der Waals surface area contributed by atoms with Gasteiger partial charge in [0.05, 0.1) is 6.61 Å². The molecule has 0 aromatic rings. The Morgan fingerprint density at radius 3 is 1.77 bits per heavy atom. The highest BCUT2D eigenvalue weighted by Gasteiger charge is 2.13. The number of allylic oxidation sites excluding steroid dienone is 2. The molecule has 0 aliphatic rings. The lowest BCUT2D eigenvalue weighted by Gasteiger charge is -2.03. The molecule has 0 fully saturated rings. The lowest BCUT2D eigenvalue weighted by Crippen LogP contribution is -2.18. The number of carbonyl (C=O) groups is 1. The Labute approximate surface area is 160 Å². The summed E-state index contributed by atoms with van der Waals surface area (Å²) in [7, 11) is -4.28. The van der Waals surface area contributed by atoms with Crippen LogP contribution in [0.2, 0.25) is 0 Å². The number of carbonyl (C=O) groups excluding carboxylic acids is 1. The quantitative estimate of drug-likeness (QED) is 0.146. The van der Waals surface area contributed by atoms with E-state index in [1.807, 2.05) is 0 Å². The Balaban J connectivity index is 3.24. The maximum Gasteiger partial charge on any atom is 0.323 e. The molecule has 1 N–H and O–H groups in total. The minimum Gasteiger partial charge on any atom is -0.465 e. The van der Waals surface area contributed by atoms with Crippen molar-refractivity contribution in [1.29, 1.82) is 0 Å². The average Bonchev–Trinajstić information content (AvgIpc) is 2.56. The second-order valence-electron chi connectivity index (χ2n) is 6.88. The van der Waals surface area contributed by atoms with Crippen molar-refractivity contribution in [2.24, 2.45) is 0 Å². The van der Waals surface area contributed by atoms with Gasteiger partial charge in [0.1, 0.15) is 0 Å². The normalized spacial score (nSPS) is 11.9. The van der Waals surface area contributed by atoms with Crippen LogP contribution in [0.25, 0.3) is 0 Å². The van der Waals surface area contributed by atoms with Crippen molar-refractivity contribution in [3.8, 4) is 0 Å². The first-order chi connectivity index (χ1) is 12.5. The van der Waals surface area contributed by atoms with Gasteiger partial charge in [0.15, 0.2) is 5.75 Å². The van der Waals surface area contributed by atoms with E-state index in [2.05, 4.69) is 19.1 Å². The predicted molar refractivity (Wildman–Crippen MR) is 107 cm³/mol. The third-order valence-electron chi connectivity index (χ3n) is 4.22. The van der Waals surface area contributed by atoms with Gasteiger partial charge in [-0.05, 0) is 32.1 Å². The summed E-state index contributed by atoms with van der Waals surface area (Å²) in [5, 5.41) is 0. The second-order valence-corrected chi connectivity index (χ2v) is 8.34. The number of unbranched alkanes of at least 4 members (excludes halogenated alkanes) is 12. The highest BCUT2D eigenvalue weighted by Crippen LogP contribution is 2.10. The van der Waals surface area contributed by atoms with Crippen LogP contribution in [0.3, 0.4) is 0 Å². The summed E-state index contributed by atoms with van der Waals surface area (Å²) in [5.74, 6) is -1.85. The molecule has 0 radical (unpaired) electrons. The highest BCUT2D eigenvalue weighted by atomic mass is 32.2.